The van der Waals surface area contributed by atoms with Crippen LogP contribution >= 0.6 is 0 Å². The molecule has 0 aliphatic carbocycles. The number of nitrogens with zero attached hydrogens (tertiary/aromatic N) is 1. The van der Waals surface area contributed by atoms with Gasteiger partial charge < -0.3 is 9.88 Å². The van der Waals surface area contributed by atoms with Gasteiger partial charge in [-0.15, -0.1) is 0 Å². The highest BCUT2D eigenvalue weighted by atomic mass is 14.9. The maximum Gasteiger partial charge on any atom is 0.0481 e. The molecule has 0 amide bonds. The molecule has 3 rings (SSSR count). The molecule has 0 atom stereocenters. The van der Waals surface area contributed by atoms with Gasteiger partial charge in [-0.05, 0) is 23.8 Å². The zero-order valence-corrected chi connectivity index (χ0v) is 10.4. The Morgan fingerprint density at radius 1 is 0.944 bits per heavy atom. The van der Waals surface area contributed by atoms with Crippen LogP contribution in [0.5, 0.6) is 0 Å². The number of aryl methyl sites for hydroxylation is 1. The predicted octanol–water partition coefficient (Wildman–Crippen LogP) is 3.79. The van der Waals surface area contributed by atoms with Crippen LogP contribution < -0.4 is 5.32 Å². The highest BCUT2D eigenvalue weighted by molar-refractivity contribution is 5.84. The first kappa shape index (κ1) is 10.9. The number of para-hydroxylation sites is 2. The van der Waals surface area contributed by atoms with Gasteiger partial charge in [-0.1, -0.05) is 36.4 Å². The number of anilines is 1. The van der Waals surface area contributed by atoms with E-state index in [1.54, 1.807) is 0 Å². The molecule has 90 valence electrons. The zero-order chi connectivity index (χ0) is 12.4. The highest BCUT2D eigenvalue weighted by Crippen LogP contribution is 2.21. The van der Waals surface area contributed by atoms with Crippen LogP contribution in [0.1, 0.15) is 5.56 Å². The summed E-state index contributed by atoms with van der Waals surface area (Å²) in [7, 11) is 2.09. The summed E-state index contributed by atoms with van der Waals surface area (Å²) in [6.45, 7) is 0.853. The lowest BCUT2D eigenvalue weighted by Crippen LogP contribution is -1.98. The lowest BCUT2D eigenvalue weighted by atomic mass is 10.2. The summed E-state index contributed by atoms with van der Waals surface area (Å²) in [6.07, 6.45) is 2.20. The Kier molecular flexibility index (Phi) is 2.77. The Balaban J connectivity index is 1.87. The molecule has 3 aromatic rings. The maximum absolute atomic E-state index is 3.45. The summed E-state index contributed by atoms with van der Waals surface area (Å²) in [6, 6.07) is 18.8. The van der Waals surface area contributed by atoms with Crippen LogP contribution in [-0.4, -0.2) is 4.57 Å². The van der Waals surface area contributed by atoms with Crippen molar-refractivity contribution in [3.8, 4) is 0 Å². The number of hydrogen-bond acceptors (Lipinski definition) is 1. The Morgan fingerprint density at radius 3 is 2.50 bits per heavy atom. The Labute approximate surface area is 107 Å². The van der Waals surface area contributed by atoms with Crippen molar-refractivity contribution >= 4 is 16.6 Å². The van der Waals surface area contributed by atoms with E-state index in [0.29, 0.717) is 0 Å². The second-order valence-electron chi connectivity index (χ2n) is 4.50. The molecule has 2 heteroatoms. The van der Waals surface area contributed by atoms with E-state index in [-0.39, 0.29) is 0 Å². The molecule has 1 N–H and O–H groups in total. The number of fused-ring (bicyclic) bond motifs is 1. The van der Waals surface area contributed by atoms with Gasteiger partial charge in [-0.3, -0.25) is 0 Å². The molecule has 0 fully saturated rings. The molecule has 0 saturated heterocycles. The van der Waals surface area contributed by atoms with Crippen molar-refractivity contribution in [2.75, 3.05) is 5.32 Å². The minimum atomic E-state index is 0.853. The first-order valence-corrected chi connectivity index (χ1v) is 6.16. The molecule has 0 spiro atoms. The molecule has 1 aromatic heterocycles. The molecule has 0 bridgehead atoms. The lowest BCUT2D eigenvalue weighted by molar-refractivity contribution is 0.956. The quantitative estimate of drug-likeness (QED) is 0.732. The third kappa shape index (κ3) is 1.97. The van der Waals surface area contributed by atoms with Gasteiger partial charge in [0, 0.05) is 36.4 Å². The normalized spacial score (nSPS) is 10.7. The number of hydrogen-bond donors (Lipinski definition) is 1. The summed E-state index contributed by atoms with van der Waals surface area (Å²) in [4.78, 5) is 0. The van der Waals surface area contributed by atoms with E-state index in [1.807, 2.05) is 18.2 Å². The number of rotatable bonds is 3. The summed E-state index contributed by atoms with van der Waals surface area (Å²) in [5, 5.41) is 4.78. The van der Waals surface area contributed by atoms with Crippen molar-refractivity contribution in [1.82, 2.24) is 4.57 Å². The van der Waals surface area contributed by atoms with Crippen molar-refractivity contribution in [3.05, 3.63) is 66.4 Å². The SMILES string of the molecule is Cn1cc(CNc2ccccc2)c2ccccc21. The van der Waals surface area contributed by atoms with Gasteiger partial charge in [-0.25, -0.2) is 0 Å². The van der Waals surface area contributed by atoms with Crippen LogP contribution in [0.2, 0.25) is 0 Å². The minimum absolute atomic E-state index is 0.853. The molecule has 0 saturated carbocycles. The van der Waals surface area contributed by atoms with E-state index in [0.717, 1.165) is 12.2 Å². The second kappa shape index (κ2) is 4.57. The van der Waals surface area contributed by atoms with E-state index in [1.165, 1.54) is 16.5 Å². The fraction of sp³-hybridized carbons (Fsp3) is 0.125. The minimum Gasteiger partial charge on any atom is -0.381 e. The second-order valence-corrected chi connectivity index (χ2v) is 4.50. The maximum atomic E-state index is 3.45. The smallest absolute Gasteiger partial charge is 0.0481 e. The van der Waals surface area contributed by atoms with Crippen molar-refractivity contribution in [1.29, 1.82) is 0 Å². The summed E-state index contributed by atoms with van der Waals surface area (Å²) in [5.74, 6) is 0. The van der Waals surface area contributed by atoms with Gasteiger partial charge in [0.15, 0.2) is 0 Å². The monoisotopic (exact) mass is 236 g/mol. The van der Waals surface area contributed by atoms with Gasteiger partial charge in [-0.2, -0.15) is 0 Å². The van der Waals surface area contributed by atoms with E-state index < -0.39 is 0 Å². The van der Waals surface area contributed by atoms with E-state index in [9.17, 15) is 0 Å². The van der Waals surface area contributed by atoms with Gasteiger partial charge in [0.1, 0.15) is 0 Å². The predicted molar refractivity (Wildman–Crippen MR) is 76.7 cm³/mol. The molecule has 0 radical (unpaired) electrons. The molecule has 0 aliphatic heterocycles. The fourth-order valence-corrected chi connectivity index (χ4v) is 2.32. The van der Waals surface area contributed by atoms with Crippen molar-refractivity contribution < 1.29 is 0 Å². The third-order valence-corrected chi connectivity index (χ3v) is 3.24. The lowest BCUT2D eigenvalue weighted by Gasteiger charge is -2.04. The Morgan fingerprint density at radius 2 is 1.67 bits per heavy atom. The molecule has 0 unspecified atom stereocenters. The van der Waals surface area contributed by atoms with E-state index in [2.05, 4.69) is 59.5 Å². The van der Waals surface area contributed by atoms with Crippen LogP contribution in [0.4, 0.5) is 5.69 Å². The first-order chi connectivity index (χ1) is 8.84. The van der Waals surface area contributed by atoms with Gasteiger partial charge in [0.05, 0.1) is 0 Å². The van der Waals surface area contributed by atoms with Crippen LogP contribution in [0.3, 0.4) is 0 Å². The molecule has 2 aromatic carbocycles. The molecular formula is C16H16N2. The highest BCUT2D eigenvalue weighted by Gasteiger charge is 2.04. The summed E-state index contributed by atoms with van der Waals surface area (Å²) >= 11 is 0. The fourth-order valence-electron chi connectivity index (χ4n) is 2.32. The van der Waals surface area contributed by atoms with E-state index in [4.69, 9.17) is 0 Å². The Bertz CT molecular complexity index is 653. The van der Waals surface area contributed by atoms with Gasteiger partial charge in [0.2, 0.25) is 0 Å². The standard InChI is InChI=1S/C16H16N2/c1-18-12-13(15-9-5-6-10-16(15)18)11-17-14-7-3-2-4-8-14/h2-10,12,17H,11H2,1H3. The van der Waals surface area contributed by atoms with E-state index >= 15 is 0 Å². The first-order valence-electron chi connectivity index (χ1n) is 6.16. The average molecular weight is 236 g/mol. The molecule has 2 nitrogen and oxygen atoms in total. The van der Waals surface area contributed by atoms with Crippen molar-refractivity contribution in [2.45, 2.75) is 6.54 Å². The largest absolute Gasteiger partial charge is 0.381 e. The van der Waals surface area contributed by atoms with Gasteiger partial charge >= 0.3 is 0 Å². The third-order valence-electron chi connectivity index (χ3n) is 3.24. The Hall–Kier alpha value is -2.22. The number of benzene rings is 2. The van der Waals surface area contributed by atoms with Gasteiger partial charge in [0.25, 0.3) is 0 Å². The van der Waals surface area contributed by atoms with Crippen molar-refractivity contribution in [3.63, 3.8) is 0 Å². The molecule has 0 aliphatic rings. The van der Waals surface area contributed by atoms with Crippen LogP contribution in [-0.2, 0) is 13.6 Å². The van der Waals surface area contributed by atoms with Crippen LogP contribution in [0.15, 0.2) is 60.8 Å². The molecular weight excluding hydrogens is 220 g/mol. The molecule has 18 heavy (non-hydrogen) atoms. The number of aromatic nitrogens is 1. The summed E-state index contributed by atoms with van der Waals surface area (Å²) < 4.78 is 2.18. The topological polar surface area (TPSA) is 17.0 Å². The molecule has 1 heterocycles. The van der Waals surface area contributed by atoms with Crippen LogP contribution in [0.25, 0.3) is 10.9 Å². The van der Waals surface area contributed by atoms with Crippen LogP contribution in [0, 0.1) is 0 Å². The van der Waals surface area contributed by atoms with Crippen molar-refractivity contribution in [2.24, 2.45) is 7.05 Å². The average Bonchev–Trinajstić information content (AvgIpc) is 2.75. The summed E-state index contributed by atoms with van der Waals surface area (Å²) in [5.41, 5.74) is 3.77. The number of nitrogens with one attached hydrogen (secondary N) is 1. The zero-order valence-electron chi connectivity index (χ0n) is 10.4.